The number of carbonyl (C=O) groups excluding carboxylic acids is 1. The topological polar surface area (TPSA) is 97.1 Å². The third kappa shape index (κ3) is 3.04. The van der Waals surface area contributed by atoms with Crippen molar-refractivity contribution in [2.75, 3.05) is 5.32 Å². The van der Waals surface area contributed by atoms with Crippen LogP contribution in [-0.4, -0.2) is 32.0 Å². The van der Waals surface area contributed by atoms with Gasteiger partial charge in [0.15, 0.2) is 5.69 Å². The monoisotopic (exact) mass is 292 g/mol. The van der Waals surface area contributed by atoms with Crippen LogP contribution < -0.4 is 5.32 Å². The Balaban J connectivity index is 2.16. The van der Waals surface area contributed by atoms with E-state index in [0.717, 1.165) is 0 Å². The molecule has 0 fully saturated rings. The molecule has 7 nitrogen and oxygen atoms in total. The van der Waals surface area contributed by atoms with Crippen molar-refractivity contribution in [1.82, 2.24) is 15.0 Å². The summed E-state index contributed by atoms with van der Waals surface area (Å²) in [5.41, 5.74) is 0.519. The number of amides is 1. The summed E-state index contributed by atoms with van der Waals surface area (Å²) < 4.78 is 14.0. The number of rotatable bonds is 4. The van der Waals surface area contributed by atoms with Gasteiger partial charge >= 0.3 is 5.97 Å². The van der Waals surface area contributed by atoms with Crippen LogP contribution in [0, 0.1) is 12.7 Å². The quantitative estimate of drug-likeness (QED) is 0.892. The predicted octanol–water partition coefficient (Wildman–Crippen LogP) is 1.62. The molecule has 1 aromatic carbocycles. The summed E-state index contributed by atoms with van der Waals surface area (Å²) in [7, 11) is 0. The van der Waals surface area contributed by atoms with Gasteiger partial charge in [0.25, 0.3) is 0 Å². The lowest BCUT2D eigenvalue weighted by atomic mass is 10.2. The fraction of sp³-hybridized carbons (Fsp3) is 0.231. The summed E-state index contributed by atoms with van der Waals surface area (Å²) in [5, 5.41) is 18.7. The summed E-state index contributed by atoms with van der Waals surface area (Å²) in [4.78, 5) is 23.0. The molecule has 1 unspecified atom stereocenters. The number of halogens is 1. The van der Waals surface area contributed by atoms with Crippen LogP contribution in [0.4, 0.5) is 10.1 Å². The van der Waals surface area contributed by atoms with Gasteiger partial charge in [-0.3, -0.25) is 4.79 Å². The molecule has 0 radical (unpaired) electrons. The van der Waals surface area contributed by atoms with Crippen LogP contribution in [0.1, 0.15) is 29.1 Å². The normalized spacial score (nSPS) is 12.0. The molecule has 1 amide bonds. The van der Waals surface area contributed by atoms with E-state index in [0.29, 0.717) is 5.69 Å². The van der Waals surface area contributed by atoms with Gasteiger partial charge in [-0.15, -0.1) is 5.10 Å². The van der Waals surface area contributed by atoms with E-state index in [1.807, 2.05) is 0 Å². The number of nitrogens with zero attached hydrogens (tertiary/aromatic N) is 3. The minimum absolute atomic E-state index is 0.198. The molecule has 0 bridgehead atoms. The minimum Gasteiger partial charge on any atom is -0.476 e. The molecule has 1 heterocycles. The van der Waals surface area contributed by atoms with Crippen molar-refractivity contribution in [2.45, 2.75) is 19.9 Å². The maximum atomic E-state index is 12.8. The van der Waals surface area contributed by atoms with Crippen molar-refractivity contribution in [1.29, 1.82) is 0 Å². The van der Waals surface area contributed by atoms with Gasteiger partial charge in [0, 0.05) is 5.69 Å². The van der Waals surface area contributed by atoms with Crippen LogP contribution in [0.2, 0.25) is 0 Å². The highest BCUT2D eigenvalue weighted by Crippen LogP contribution is 2.15. The Hall–Kier alpha value is -2.77. The Labute approximate surface area is 119 Å². The molecule has 8 heteroatoms. The number of anilines is 1. The van der Waals surface area contributed by atoms with E-state index in [1.165, 1.54) is 35.9 Å². The largest absolute Gasteiger partial charge is 0.476 e. The first-order chi connectivity index (χ1) is 9.90. The fourth-order valence-electron chi connectivity index (χ4n) is 1.80. The van der Waals surface area contributed by atoms with Gasteiger partial charge in [0.05, 0.1) is 5.69 Å². The molecule has 21 heavy (non-hydrogen) atoms. The predicted molar refractivity (Wildman–Crippen MR) is 71.5 cm³/mol. The zero-order valence-corrected chi connectivity index (χ0v) is 11.4. The minimum atomic E-state index is -1.20. The van der Waals surface area contributed by atoms with Crippen LogP contribution >= 0.6 is 0 Å². The summed E-state index contributed by atoms with van der Waals surface area (Å²) in [6.07, 6.45) is 0. The second-order valence-corrected chi connectivity index (χ2v) is 4.45. The van der Waals surface area contributed by atoms with Crippen molar-refractivity contribution in [3.63, 3.8) is 0 Å². The molecule has 1 atom stereocenters. The van der Waals surface area contributed by atoms with Gasteiger partial charge in [-0.1, -0.05) is 5.21 Å². The van der Waals surface area contributed by atoms with Crippen molar-refractivity contribution >= 4 is 17.6 Å². The first kappa shape index (κ1) is 14.6. The van der Waals surface area contributed by atoms with E-state index < -0.39 is 23.7 Å². The lowest BCUT2D eigenvalue weighted by Crippen LogP contribution is -2.25. The molecule has 0 spiro atoms. The fourth-order valence-corrected chi connectivity index (χ4v) is 1.80. The van der Waals surface area contributed by atoms with Crippen LogP contribution in [0.5, 0.6) is 0 Å². The first-order valence-electron chi connectivity index (χ1n) is 6.11. The molecular formula is C13H13FN4O3. The summed E-state index contributed by atoms with van der Waals surface area (Å²) >= 11 is 0. The standard InChI is InChI=1S/C13H13FN4O3/c1-7-11(13(20)21)16-17-18(7)8(2)12(19)15-10-5-3-9(14)4-6-10/h3-6,8H,1-2H3,(H,15,19)(H,20,21). The van der Waals surface area contributed by atoms with Gasteiger partial charge in [-0.05, 0) is 38.1 Å². The molecule has 2 N–H and O–H groups in total. The average Bonchev–Trinajstić information content (AvgIpc) is 2.82. The second-order valence-electron chi connectivity index (χ2n) is 4.45. The van der Waals surface area contributed by atoms with E-state index >= 15 is 0 Å². The third-order valence-electron chi connectivity index (χ3n) is 2.99. The zero-order chi connectivity index (χ0) is 15.6. The van der Waals surface area contributed by atoms with Crippen molar-refractivity contribution < 1.29 is 19.1 Å². The van der Waals surface area contributed by atoms with E-state index in [1.54, 1.807) is 6.92 Å². The molecule has 2 rings (SSSR count). The van der Waals surface area contributed by atoms with E-state index in [2.05, 4.69) is 15.6 Å². The van der Waals surface area contributed by atoms with E-state index in [-0.39, 0.29) is 11.4 Å². The number of carbonyl (C=O) groups is 2. The zero-order valence-electron chi connectivity index (χ0n) is 11.4. The van der Waals surface area contributed by atoms with Crippen LogP contribution in [0.25, 0.3) is 0 Å². The van der Waals surface area contributed by atoms with Crippen LogP contribution in [0.15, 0.2) is 24.3 Å². The maximum Gasteiger partial charge on any atom is 0.358 e. The molecule has 1 aromatic heterocycles. The molecule has 0 saturated carbocycles. The molecular weight excluding hydrogens is 279 g/mol. The van der Waals surface area contributed by atoms with E-state index in [4.69, 9.17) is 5.11 Å². The molecule has 0 aliphatic carbocycles. The summed E-state index contributed by atoms with van der Waals surface area (Å²) in [5.74, 6) is -2.02. The number of benzene rings is 1. The maximum absolute atomic E-state index is 12.8. The number of nitrogens with one attached hydrogen (secondary N) is 1. The van der Waals surface area contributed by atoms with Gasteiger partial charge in [-0.25, -0.2) is 13.9 Å². The molecule has 2 aromatic rings. The Morgan fingerprint density at radius 1 is 1.33 bits per heavy atom. The number of carboxylic acid groups (broad SMARTS) is 1. The summed E-state index contributed by atoms with van der Waals surface area (Å²) in [6, 6.07) is 4.55. The lowest BCUT2D eigenvalue weighted by Gasteiger charge is -2.13. The Kier molecular flexibility index (Phi) is 3.97. The molecule has 0 aliphatic heterocycles. The Morgan fingerprint density at radius 2 is 1.95 bits per heavy atom. The van der Waals surface area contributed by atoms with Gasteiger partial charge in [-0.2, -0.15) is 0 Å². The average molecular weight is 292 g/mol. The second kappa shape index (κ2) is 5.70. The highest BCUT2D eigenvalue weighted by molar-refractivity contribution is 5.93. The van der Waals surface area contributed by atoms with Crippen molar-refractivity contribution in [2.24, 2.45) is 0 Å². The van der Waals surface area contributed by atoms with Crippen LogP contribution in [-0.2, 0) is 4.79 Å². The molecule has 0 saturated heterocycles. The van der Waals surface area contributed by atoms with Gasteiger partial charge in [0.1, 0.15) is 11.9 Å². The van der Waals surface area contributed by atoms with Crippen molar-refractivity contribution in [3.05, 3.63) is 41.5 Å². The Bertz CT molecular complexity index is 681. The molecule has 110 valence electrons. The smallest absolute Gasteiger partial charge is 0.358 e. The highest BCUT2D eigenvalue weighted by atomic mass is 19.1. The third-order valence-corrected chi connectivity index (χ3v) is 2.99. The summed E-state index contributed by atoms with van der Waals surface area (Å²) in [6.45, 7) is 3.08. The number of aromatic nitrogens is 3. The number of carboxylic acids is 1. The van der Waals surface area contributed by atoms with Crippen LogP contribution in [0.3, 0.4) is 0 Å². The van der Waals surface area contributed by atoms with Gasteiger partial charge in [0.2, 0.25) is 5.91 Å². The van der Waals surface area contributed by atoms with Crippen molar-refractivity contribution in [3.8, 4) is 0 Å². The highest BCUT2D eigenvalue weighted by Gasteiger charge is 2.22. The van der Waals surface area contributed by atoms with E-state index in [9.17, 15) is 14.0 Å². The first-order valence-corrected chi connectivity index (χ1v) is 6.11. The number of hydrogen-bond donors (Lipinski definition) is 2. The van der Waals surface area contributed by atoms with Gasteiger partial charge < -0.3 is 10.4 Å². The molecule has 0 aliphatic rings. The lowest BCUT2D eigenvalue weighted by molar-refractivity contribution is -0.119. The number of aromatic carboxylic acids is 1. The number of hydrogen-bond acceptors (Lipinski definition) is 4. The Morgan fingerprint density at radius 3 is 2.48 bits per heavy atom. The SMILES string of the molecule is Cc1c(C(=O)O)nnn1C(C)C(=O)Nc1ccc(F)cc1.